The van der Waals surface area contributed by atoms with Crippen molar-refractivity contribution in [3.05, 3.63) is 96.7 Å². The SMILES string of the molecule is Cc1cc(-n2cccc2)ccc1C(=O)Nc1ccc(Oc2cnccn2)cc1. The van der Waals surface area contributed by atoms with Gasteiger partial charge in [0.05, 0.1) is 6.20 Å². The second-order valence-electron chi connectivity index (χ2n) is 6.21. The van der Waals surface area contributed by atoms with Gasteiger partial charge in [0.15, 0.2) is 0 Å². The van der Waals surface area contributed by atoms with Gasteiger partial charge in [-0.2, -0.15) is 0 Å². The van der Waals surface area contributed by atoms with Crippen LogP contribution in [-0.2, 0) is 0 Å². The lowest BCUT2D eigenvalue weighted by Gasteiger charge is -2.11. The van der Waals surface area contributed by atoms with E-state index >= 15 is 0 Å². The highest BCUT2D eigenvalue weighted by Crippen LogP contribution is 2.22. The number of carbonyl (C=O) groups excluding carboxylic acids is 1. The zero-order valence-electron chi connectivity index (χ0n) is 15.2. The predicted octanol–water partition coefficient (Wildman–Crippen LogP) is 4.62. The molecule has 2 heterocycles. The first-order chi connectivity index (χ1) is 13.7. The number of aromatic nitrogens is 3. The summed E-state index contributed by atoms with van der Waals surface area (Å²) in [5.41, 5.74) is 3.25. The number of amides is 1. The van der Waals surface area contributed by atoms with Gasteiger partial charge in [-0.05, 0) is 67.1 Å². The van der Waals surface area contributed by atoms with Crippen molar-refractivity contribution in [2.24, 2.45) is 0 Å². The minimum absolute atomic E-state index is 0.154. The second kappa shape index (κ2) is 7.75. The molecule has 0 spiro atoms. The average Bonchev–Trinajstić information content (AvgIpc) is 3.25. The molecule has 2 aromatic heterocycles. The summed E-state index contributed by atoms with van der Waals surface area (Å²) in [7, 11) is 0. The summed E-state index contributed by atoms with van der Waals surface area (Å²) in [6.45, 7) is 1.93. The van der Waals surface area contributed by atoms with Crippen LogP contribution in [0.2, 0.25) is 0 Å². The third-order valence-electron chi connectivity index (χ3n) is 4.23. The number of hydrogen-bond donors (Lipinski definition) is 1. The van der Waals surface area contributed by atoms with E-state index in [1.165, 1.54) is 6.20 Å². The van der Waals surface area contributed by atoms with Crippen LogP contribution < -0.4 is 10.1 Å². The molecule has 0 aliphatic heterocycles. The lowest BCUT2D eigenvalue weighted by atomic mass is 10.1. The molecule has 0 aliphatic carbocycles. The molecule has 0 saturated carbocycles. The molecule has 1 amide bonds. The number of ether oxygens (including phenoxy) is 1. The number of nitrogens with one attached hydrogen (secondary N) is 1. The van der Waals surface area contributed by atoms with Crippen molar-refractivity contribution in [3.63, 3.8) is 0 Å². The van der Waals surface area contributed by atoms with Gasteiger partial charge in [0.2, 0.25) is 5.88 Å². The Morgan fingerprint density at radius 2 is 1.82 bits per heavy atom. The predicted molar refractivity (Wildman–Crippen MR) is 107 cm³/mol. The number of rotatable bonds is 5. The van der Waals surface area contributed by atoms with Gasteiger partial charge in [0.1, 0.15) is 5.75 Å². The maximum atomic E-state index is 12.6. The van der Waals surface area contributed by atoms with Crippen LogP contribution in [0.4, 0.5) is 5.69 Å². The fraction of sp³-hybridized carbons (Fsp3) is 0.0455. The van der Waals surface area contributed by atoms with E-state index in [2.05, 4.69) is 15.3 Å². The van der Waals surface area contributed by atoms with E-state index in [-0.39, 0.29) is 5.91 Å². The summed E-state index contributed by atoms with van der Waals surface area (Å²) in [4.78, 5) is 20.7. The Hall–Kier alpha value is -3.93. The molecule has 4 aromatic rings. The van der Waals surface area contributed by atoms with Crippen molar-refractivity contribution in [3.8, 4) is 17.3 Å². The summed E-state index contributed by atoms with van der Waals surface area (Å²) in [6, 6.07) is 16.8. The van der Waals surface area contributed by atoms with E-state index in [0.29, 0.717) is 22.9 Å². The van der Waals surface area contributed by atoms with Crippen LogP contribution in [0.3, 0.4) is 0 Å². The zero-order chi connectivity index (χ0) is 19.3. The van der Waals surface area contributed by atoms with Gasteiger partial charge < -0.3 is 14.6 Å². The fourth-order valence-electron chi connectivity index (χ4n) is 2.83. The highest BCUT2D eigenvalue weighted by molar-refractivity contribution is 6.05. The normalized spacial score (nSPS) is 10.5. The van der Waals surface area contributed by atoms with Crippen molar-refractivity contribution in [2.45, 2.75) is 6.92 Å². The monoisotopic (exact) mass is 370 g/mol. The Bertz CT molecular complexity index is 1080. The minimum atomic E-state index is -0.154. The largest absolute Gasteiger partial charge is 0.438 e. The molecule has 2 aromatic carbocycles. The van der Waals surface area contributed by atoms with Crippen LogP contribution in [0.25, 0.3) is 5.69 Å². The van der Waals surface area contributed by atoms with Crippen molar-refractivity contribution >= 4 is 11.6 Å². The molecular formula is C22H18N4O2. The molecule has 6 nitrogen and oxygen atoms in total. The van der Waals surface area contributed by atoms with Gasteiger partial charge in [0, 0.05) is 41.7 Å². The van der Waals surface area contributed by atoms with Crippen molar-refractivity contribution in [1.82, 2.24) is 14.5 Å². The van der Waals surface area contributed by atoms with Gasteiger partial charge in [-0.25, -0.2) is 4.98 Å². The van der Waals surface area contributed by atoms with Gasteiger partial charge in [-0.1, -0.05) is 0 Å². The average molecular weight is 370 g/mol. The zero-order valence-corrected chi connectivity index (χ0v) is 15.2. The maximum Gasteiger partial charge on any atom is 0.255 e. The number of benzene rings is 2. The van der Waals surface area contributed by atoms with Crippen LogP contribution >= 0.6 is 0 Å². The number of hydrogen-bond acceptors (Lipinski definition) is 4. The summed E-state index contributed by atoms with van der Waals surface area (Å²) in [6.07, 6.45) is 8.63. The first-order valence-electron chi connectivity index (χ1n) is 8.78. The smallest absolute Gasteiger partial charge is 0.255 e. The molecule has 6 heteroatoms. The minimum Gasteiger partial charge on any atom is -0.438 e. The molecule has 0 fully saturated rings. The Labute approximate surface area is 162 Å². The highest BCUT2D eigenvalue weighted by Gasteiger charge is 2.10. The molecule has 0 aliphatic rings. The lowest BCUT2D eigenvalue weighted by Crippen LogP contribution is -2.13. The Kier molecular flexibility index (Phi) is 4.84. The third-order valence-corrected chi connectivity index (χ3v) is 4.23. The Morgan fingerprint density at radius 3 is 2.50 bits per heavy atom. The Balaban J connectivity index is 1.45. The van der Waals surface area contributed by atoms with Crippen molar-refractivity contribution in [2.75, 3.05) is 5.32 Å². The van der Waals surface area contributed by atoms with Crippen LogP contribution in [0, 0.1) is 6.92 Å². The van der Waals surface area contributed by atoms with Crippen LogP contribution in [0.1, 0.15) is 15.9 Å². The fourth-order valence-corrected chi connectivity index (χ4v) is 2.83. The maximum absolute atomic E-state index is 12.6. The van der Waals surface area contributed by atoms with Crippen LogP contribution in [0.15, 0.2) is 85.6 Å². The standard InChI is InChI=1S/C22H18N4O2/c1-16-14-18(26-12-2-3-13-26)6-9-20(16)22(27)25-17-4-7-19(8-5-17)28-21-15-23-10-11-24-21/h2-15H,1H3,(H,25,27). The van der Waals surface area contributed by atoms with Gasteiger partial charge >= 0.3 is 0 Å². The molecular weight excluding hydrogens is 352 g/mol. The van der Waals surface area contributed by atoms with E-state index < -0.39 is 0 Å². The number of carbonyl (C=O) groups is 1. The lowest BCUT2D eigenvalue weighted by molar-refractivity contribution is 0.102. The van der Waals surface area contributed by atoms with Gasteiger partial charge in [-0.3, -0.25) is 9.78 Å². The van der Waals surface area contributed by atoms with Crippen LogP contribution in [0.5, 0.6) is 11.6 Å². The summed E-state index contributed by atoms with van der Waals surface area (Å²) in [5.74, 6) is 0.877. The second-order valence-corrected chi connectivity index (χ2v) is 6.21. The quantitative estimate of drug-likeness (QED) is 0.556. The number of nitrogens with zero attached hydrogens (tertiary/aromatic N) is 3. The van der Waals surface area contributed by atoms with E-state index in [9.17, 15) is 4.79 Å². The number of aryl methyl sites for hydroxylation is 1. The molecule has 0 radical (unpaired) electrons. The molecule has 0 unspecified atom stereocenters. The third kappa shape index (κ3) is 3.91. The molecule has 0 bridgehead atoms. The van der Waals surface area contributed by atoms with E-state index in [0.717, 1.165) is 11.3 Å². The van der Waals surface area contributed by atoms with Gasteiger partial charge in [0.25, 0.3) is 5.91 Å². The topological polar surface area (TPSA) is 69.0 Å². The first-order valence-corrected chi connectivity index (χ1v) is 8.78. The van der Waals surface area contributed by atoms with Gasteiger partial charge in [-0.15, -0.1) is 0 Å². The summed E-state index contributed by atoms with van der Waals surface area (Å²) >= 11 is 0. The van der Waals surface area contributed by atoms with Crippen molar-refractivity contribution < 1.29 is 9.53 Å². The molecule has 1 N–H and O–H groups in total. The first kappa shape index (κ1) is 17.5. The molecule has 0 atom stereocenters. The van der Waals surface area contributed by atoms with Crippen LogP contribution in [-0.4, -0.2) is 20.4 Å². The van der Waals surface area contributed by atoms with E-state index in [1.807, 2.05) is 54.2 Å². The highest BCUT2D eigenvalue weighted by atomic mass is 16.5. The molecule has 0 saturated heterocycles. The Morgan fingerprint density at radius 1 is 1.04 bits per heavy atom. The number of anilines is 1. The van der Waals surface area contributed by atoms with E-state index in [1.54, 1.807) is 36.7 Å². The van der Waals surface area contributed by atoms with E-state index in [4.69, 9.17) is 4.74 Å². The van der Waals surface area contributed by atoms with Crippen molar-refractivity contribution in [1.29, 1.82) is 0 Å². The molecule has 4 rings (SSSR count). The molecule has 28 heavy (non-hydrogen) atoms. The summed E-state index contributed by atoms with van der Waals surface area (Å²) in [5, 5.41) is 2.92. The molecule has 138 valence electrons. The summed E-state index contributed by atoms with van der Waals surface area (Å²) < 4.78 is 7.61.